The van der Waals surface area contributed by atoms with Gasteiger partial charge in [0.25, 0.3) is 0 Å². The van der Waals surface area contributed by atoms with Crippen LogP contribution in [0, 0.1) is 17.0 Å². The summed E-state index contributed by atoms with van der Waals surface area (Å²) in [6.45, 7) is 4.48. The second-order valence-corrected chi connectivity index (χ2v) is 6.80. The zero-order valence-electron chi connectivity index (χ0n) is 13.3. The maximum absolute atomic E-state index is 14.2. The van der Waals surface area contributed by atoms with Crippen LogP contribution >= 0.6 is 0 Å². The lowest BCUT2D eigenvalue weighted by Crippen LogP contribution is -2.48. The molecule has 0 amide bonds. The lowest BCUT2D eigenvalue weighted by Gasteiger charge is -2.47. The molecule has 1 N–H and O–H groups in total. The van der Waals surface area contributed by atoms with E-state index >= 15 is 0 Å². The van der Waals surface area contributed by atoms with Crippen molar-refractivity contribution in [3.05, 3.63) is 35.4 Å². The van der Waals surface area contributed by atoms with Crippen molar-refractivity contribution < 1.29 is 13.5 Å². The minimum atomic E-state index is -0.810. The second kappa shape index (κ2) is 6.01. The highest BCUT2D eigenvalue weighted by atomic mass is 19.2. The summed E-state index contributed by atoms with van der Waals surface area (Å²) in [6, 6.07) is 3.98. The summed E-state index contributed by atoms with van der Waals surface area (Å²) in [7, 11) is 3.44. The van der Waals surface area contributed by atoms with Gasteiger partial charge in [0.2, 0.25) is 0 Å². The molecule has 1 aromatic rings. The molecule has 1 fully saturated rings. The second-order valence-electron chi connectivity index (χ2n) is 6.80. The van der Waals surface area contributed by atoms with Gasteiger partial charge in [-0.05, 0) is 44.2 Å². The third kappa shape index (κ3) is 3.11. The molecule has 0 aliphatic heterocycles. The predicted molar refractivity (Wildman–Crippen MR) is 80.1 cm³/mol. The van der Waals surface area contributed by atoms with Crippen LogP contribution in [0.1, 0.15) is 51.1 Å². The van der Waals surface area contributed by atoms with Crippen LogP contribution in [0.15, 0.2) is 18.2 Å². The Balaban J connectivity index is 2.37. The van der Waals surface area contributed by atoms with Crippen molar-refractivity contribution in [1.29, 1.82) is 0 Å². The molecule has 1 saturated carbocycles. The van der Waals surface area contributed by atoms with E-state index in [0.717, 1.165) is 31.7 Å². The first kappa shape index (κ1) is 16.4. The first-order valence-electron chi connectivity index (χ1n) is 7.51. The van der Waals surface area contributed by atoms with E-state index < -0.39 is 17.2 Å². The Hall–Kier alpha value is -1.00. The summed E-state index contributed by atoms with van der Waals surface area (Å²) in [4.78, 5) is 0. The smallest absolute Gasteiger partial charge is 0.163 e. The van der Waals surface area contributed by atoms with Crippen molar-refractivity contribution in [1.82, 2.24) is 5.32 Å². The van der Waals surface area contributed by atoms with E-state index in [4.69, 9.17) is 4.74 Å². The van der Waals surface area contributed by atoms with Crippen molar-refractivity contribution in [2.75, 3.05) is 14.2 Å². The maximum atomic E-state index is 14.2. The van der Waals surface area contributed by atoms with Crippen LogP contribution in [-0.4, -0.2) is 19.8 Å². The molecule has 2 rings (SSSR count). The number of hydrogen-bond donors (Lipinski definition) is 1. The van der Waals surface area contributed by atoms with E-state index in [9.17, 15) is 8.78 Å². The van der Waals surface area contributed by atoms with Crippen LogP contribution in [0.3, 0.4) is 0 Å². The number of methoxy groups -OCH3 is 1. The third-order valence-electron chi connectivity index (χ3n) is 4.96. The Bertz CT molecular complexity index is 492. The summed E-state index contributed by atoms with van der Waals surface area (Å²) >= 11 is 0. The molecule has 21 heavy (non-hydrogen) atoms. The minimum Gasteiger partial charge on any atom is -0.376 e. The van der Waals surface area contributed by atoms with Gasteiger partial charge in [0.1, 0.15) is 0 Å². The zero-order valence-corrected chi connectivity index (χ0v) is 13.3. The molecule has 1 aliphatic carbocycles. The van der Waals surface area contributed by atoms with Crippen LogP contribution in [-0.2, 0) is 4.74 Å². The number of hydrogen-bond acceptors (Lipinski definition) is 2. The Morgan fingerprint density at radius 1 is 1.14 bits per heavy atom. The first-order valence-corrected chi connectivity index (χ1v) is 7.51. The lowest BCUT2D eigenvalue weighted by molar-refractivity contribution is -0.0869. The predicted octanol–water partition coefficient (Wildman–Crippen LogP) is 4.21. The maximum Gasteiger partial charge on any atom is 0.163 e. The summed E-state index contributed by atoms with van der Waals surface area (Å²) in [5, 5.41) is 3.14. The van der Waals surface area contributed by atoms with E-state index in [-0.39, 0.29) is 11.5 Å². The molecular weight excluding hydrogens is 272 g/mol. The highest BCUT2D eigenvalue weighted by molar-refractivity contribution is 5.26. The molecular formula is C17H25F2NO. The zero-order chi connectivity index (χ0) is 15.7. The number of halogens is 2. The van der Waals surface area contributed by atoms with E-state index in [1.165, 1.54) is 0 Å². The average Bonchev–Trinajstić information content (AvgIpc) is 2.46. The first-order chi connectivity index (χ1) is 9.85. The van der Waals surface area contributed by atoms with Gasteiger partial charge >= 0.3 is 0 Å². The molecule has 1 aliphatic rings. The highest BCUT2D eigenvalue weighted by Gasteiger charge is 2.45. The number of benzene rings is 1. The number of rotatable bonds is 4. The molecule has 0 radical (unpaired) electrons. The van der Waals surface area contributed by atoms with E-state index in [0.29, 0.717) is 5.56 Å². The Kier molecular flexibility index (Phi) is 4.69. The number of nitrogens with one attached hydrogen (secondary N) is 1. The van der Waals surface area contributed by atoms with Crippen LogP contribution in [0.25, 0.3) is 0 Å². The van der Waals surface area contributed by atoms with E-state index in [1.54, 1.807) is 26.3 Å². The van der Waals surface area contributed by atoms with Gasteiger partial charge in [-0.2, -0.15) is 0 Å². The van der Waals surface area contributed by atoms with Crippen molar-refractivity contribution in [2.24, 2.45) is 5.41 Å². The van der Waals surface area contributed by atoms with Crippen LogP contribution in [0.2, 0.25) is 0 Å². The molecule has 118 valence electrons. The average molecular weight is 297 g/mol. The SMILES string of the molecule is CNC(c1cccc(F)c1F)C1(OC)CCC(C)(C)CC1. The molecule has 1 aromatic carbocycles. The molecule has 1 unspecified atom stereocenters. The van der Waals surface area contributed by atoms with Gasteiger partial charge in [0.15, 0.2) is 11.6 Å². The number of likely N-dealkylation sites (N-methyl/N-ethyl adjacent to an activating group) is 1. The highest BCUT2D eigenvalue weighted by Crippen LogP contribution is 2.47. The van der Waals surface area contributed by atoms with Gasteiger partial charge in [-0.15, -0.1) is 0 Å². The summed E-state index contributed by atoms with van der Waals surface area (Å²) in [5.41, 5.74) is 0.138. The van der Waals surface area contributed by atoms with E-state index in [1.807, 2.05) is 0 Å². The Morgan fingerprint density at radius 3 is 2.29 bits per heavy atom. The van der Waals surface area contributed by atoms with Gasteiger partial charge in [-0.25, -0.2) is 8.78 Å². The topological polar surface area (TPSA) is 21.3 Å². The summed E-state index contributed by atoms with van der Waals surface area (Å²) in [6.07, 6.45) is 3.68. The van der Waals surface area contributed by atoms with E-state index in [2.05, 4.69) is 19.2 Å². The quantitative estimate of drug-likeness (QED) is 0.899. The van der Waals surface area contributed by atoms with Gasteiger partial charge in [0, 0.05) is 12.7 Å². The lowest BCUT2D eigenvalue weighted by atomic mass is 9.67. The Labute approximate surface area is 125 Å². The number of ether oxygens (including phenoxy) is 1. The van der Waals surface area contributed by atoms with Crippen molar-refractivity contribution in [3.63, 3.8) is 0 Å². The molecule has 2 nitrogen and oxygen atoms in total. The monoisotopic (exact) mass is 297 g/mol. The molecule has 0 heterocycles. The fraction of sp³-hybridized carbons (Fsp3) is 0.647. The molecule has 1 atom stereocenters. The van der Waals surface area contributed by atoms with Gasteiger partial charge in [0.05, 0.1) is 11.6 Å². The molecule has 0 aromatic heterocycles. The molecule has 0 saturated heterocycles. The van der Waals surface area contributed by atoms with Gasteiger partial charge < -0.3 is 10.1 Å². The van der Waals surface area contributed by atoms with Crippen molar-refractivity contribution in [2.45, 2.75) is 51.2 Å². The van der Waals surface area contributed by atoms with Crippen molar-refractivity contribution >= 4 is 0 Å². The third-order valence-corrected chi connectivity index (χ3v) is 4.96. The molecule has 4 heteroatoms. The summed E-state index contributed by atoms with van der Waals surface area (Å²) in [5.74, 6) is -1.59. The minimum absolute atomic E-state index is 0.279. The Morgan fingerprint density at radius 2 is 1.76 bits per heavy atom. The van der Waals surface area contributed by atoms with Gasteiger partial charge in [-0.1, -0.05) is 26.0 Å². The van der Waals surface area contributed by atoms with Gasteiger partial charge in [-0.3, -0.25) is 0 Å². The fourth-order valence-electron chi connectivity index (χ4n) is 3.41. The fourth-order valence-corrected chi connectivity index (χ4v) is 3.41. The standard InChI is InChI=1S/C17H25F2NO/c1-16(2)8-10-17(21-4,11-9-16)15(20-3)12-6-5-7-13(18)14(12)19/h5-7,15,20H,8-11H2,1-4H3. The normalized spacial score (nSPS) is 22.0. The molecule has 0 spiro atoms. The van der Waals surface area contributed by atoms with Crippen LogP contribution < -0.4 is 5.32 Å². The van der Waals surface area contributed by atoms with Crippen LogP contribution in [0.5, 0.6) is 0 Å². The van der Waals surface area contributed by atoms with Crippen molar-refractivity contribution in [3.8, 4) is 0 Å². The molecule has 0 bridgehead atoms. The summed E-state index contributed by atoms with van der Waals surface area (Å²) < 4.78 is 33.6. The largest absolute Gasteiger partial charge is 0.376 e. The van der Waals surface area contributed by atoms with Crippen LogP contribution in [0.4, 0.5) is 8.78 Å².